The zero-order valence-electron chi connectivity index (χ0n) is 8.70. The van der Waals surface area contributed by atoms with E-state index in [-0.39, 0.29) is 5.97 Å². The number of carbonyl (C=O) groups is 1. The van der Waals surface area contributed by atoms with Crippen LogP contribution in [0.2, 0.25) is 0 Å². The molecule has 0 aromatic rings. The molecule has 1 aliphatic rings. The van der Waals surface area contributed by atoms with Crippen LogP contribution < -0.4 is 0 Å². The maximum absolute atomic E-state index is 10.9. The van der Waals surface area contributed by atoms with Gasteiger partial charge in [-0.05, 0) is 32.6 Å². The van der Waals surface area contributed by atoms with Crippen molar-refractivity contribution in [1.29, 1.82) is 0 Å². The lowest BCUT2D eigenvalue weighted by molar-refractivity contribution is -0.137. The minimum Gasteiger partial charge on any atom is -0.498 e. The van der Waals surface area contributed by atoms with Gasteiger partial charge in [-0.25, -0.2) is 4.79 Å². The van der Waals surface area contributed by atoms with E-state index in [4.69, 9.17) is 9.47 Å². The number of rotatable bonds is 4. The van der Waals surface area contributed by atoms with Gasteiger partial charge in [-0.15, -0.1) is 0 Å². The fourth-order valence-electron chi connectivity index (χ4n) is 1.60. The highest BCUT2D eigenvalue weighted by molar-refractivity contribution is 5.81. The Bertz CT molecular complexity index is 193. The summed E-state index contributed by atoms with van der Waals surface area (Å²) in [5.41, 5.74) is 0. The summed E-state index contributed by atoms with van der Waals surface area (Å²) in [6.07, 6.45) is 9.10. The summed E-state index contributed by atoms with van der Waals surface area (Å²) in [4.78, 5) is 10.9. The minimum absolute atomic E-state index is 0.300. The van der Waals surface area contributed by atoms with Crippen molar-refractivity contribution in [2.45, 2.75) is 45.1 Å². The van der Waals surface area contributed by atoms with Crippen molar-refractivity contribution in [3.05, 3.63) is 12.3 Å². The van der Waals surface area contributed by atoms with Gasteiger partial charge in [-0.2, -0.15) is 0 Å². The van der Waals surface area contributed by atoms with Crippen LogP contribution in [0.1, 0.15) is 39.0 Å². The summed E-state index contributed by atoms with van der Waals surface area (Å²) < 4.78 is 10.1. The fraction of sp³-hybridized carbons (Fsp3) is 0.727. The summed E-state index contributed by atoms with van der Waals surface area (Å²) in [5, 5.41) is 0. The van der Waals surface area contributed by atoms with Crippen molar-refractivity contribution in [1.82, 2.24) is 0 Å². The molecule has 0 atom stereocenters. The second-order valence-corrected chi connectivity index (χ2v) is 3.45. The van der Waals surface area contributed by atoms with Gasteiger partial charge in [0.2, 0.25) is 0 Å². The molecule has 0 aliphatic heterocycles. The largest absolute Gasteiger partial charge is 0.498 e. The van der Waals surface area contributed by atoms with Crippen molar-refractivity contribution in [3.63, 3.8) is 0 Å². The van der Waals surface area contributed by atoms with Gasteiger partial charge in [0.05, 0.1) is 25.0 Å². The van der Waals surface area contributed by atoms with Crippen molar-refractivity contribution >= 4 is 5.97 Å². The van der Waals surface area contributed by atoms with E-state index in [2.05, 4.69) is 0 Å². The van der Waals surface area contributed by atoms with Gasteiger partial charge in [0.1, 0.15) is 0 Å². The summed E-state index contributed by atoms with van der Waals surface area (Å²) in [5.74, 6) is -0.330. The maximum atomic E-state index is 10.9. The second-order valence-electron chi connectivity index (χ2n) is 3.45. The summed E-state index contributed by atoms with van der Waals surface area (Å²) in [6.45, 7) is 2.19. The highest BCUT2D eigenvalue weighted by atomic mass is 16.5. The first-order valence-corrected chi connectivity index (χ1v) is 5.31. The minimum atomic E-state index is -0.330. The third-order valence-electron chi connectivity index (χ3n) is 2.31. The molecule has 0 N–H and O–H groups in total. The van der Waals surface area contributed by atoms with Gasteiger partial charge >= 0.3 is 5.97 Å². The van der Waals surface area contributed by atoms with E-state index in [1.807, 2.05) is 0 Å². The molecule has 3 nitrogen and oxygen atoms in total. The number of hydrogen-bond acceptors (Lipinski definition) is 3. The average Bonchev–Trinajstić information content (AvgIpc) is 2.20. The van der Waals surface area contributed by atoms with Crippen LogP contribution in [0.5, 0.6) is 0 Å². The number of hydrogen-bond donors (Lipinski definition) is 0. The molecule has 14 heavy (non-hydrogen) atoms. The van der Waals surface area contributed by atoms with Crippen LogP contribution in [0.3, 0.4) is 0 Å². The van der Waals surface area contributed by atoms with Gasteiger partial charge < -0.3 is 9.47 Å². The number of ether oxygens (including phenoxy) is 2. The Morgan fingerprint density at radius 2 is 2.07 bits per heavy atom. The van der Waals surface area contributed by atoms with Crippen molar-refractivity contribution < 1.29 is 14.3 Å². The van der Waals surface area contributed by atoms with Gasteiger partial charge in [0, 0.05) is 0 Å². The van der Waals surface area contributed by atoms with Crippen LogP contribution in [-0.2, 0) is 14.3 Å². The van der Waals surface area contributed by atoms with Gasteiger partial charge in [-0.3, -0.25) is 0 Å². The summed E-state index contributed by atoms with van der Waals surface area (Å²) in [7, 11) is 0. The Labute approximate surface area is 85.1 Å². The molecule has 1 saturated carbocycles. The molecule has 1 rings (SSSR count). The maximum Gasteiger partial charge on any atom is 0.333 e. The highest BCUT2D eigenvalue weighted by Crippen LogP contribution is 2.20. The molecule has 0 radical (unpaired) electrons. The molecule has 1 fully saturated rings. The molecular weight excluding hydrogens is 180 g/mol. The van der Waals surface area contributed by atoms with Crippen LogP contribution in [-0.4, -0.2) is 18.7 Å². The lowest BCUT2D eigenvalue weighted by Crippen LogP contribution is -2.13. The molecule has 1 aliphatic carbocycles. The predicted molar refractivity (Wildman–Crippen MR) is 53.7 cm³/mol. The molecule has 0 aromatic carbocycles. The lowest BCUT2D eigenvalue weighted by atomic mass is 9.98. The third-order valence-corrected chi connectivity index (χ3v) is 2.31. The summed E-state index contributed by atoms with van der Waals surface area (Å²) >= 11 is 0. The molecule has 3 heteroatoms. The molecular formula is C11H18O3. The molecule has 0 amide bonds. The Balaban J connectivity index is 2.14. The standard InChI is InChI=1S/C11H18O3/c1-2-13-11(12)8-9-14-10-6-4-3-5-7-10/h8-10H,2-7H2,1H3/b9-8-. The van der Waals surface area contributed by atoms with Crippen molar-refractivity contribution in [2.75, 3.05) is 6.61 Å². The van der Waals surface area contributed by atoms with Crippen molar-refractivity contribution in [3.8, 4) is 0 Å². The number of carbonyl (C=O) groups excluding carboxylic acids is 1. The molecule has 0 aromatic heterocycles. The van der Waals surface area contributed by atoms with Crippen LogP contribution >= 0.6 is 0 Å². The predicted octanol–water partition coefficient (Wildman–Crippen LogP) is 2.41. The van der Waals surface area contributed by atoms with Crippen LogP contribution in [0.15, 0.2) is 12.3 Å². The molecule has 0 heterocycles. The zero-order valence-corrected chi connectivity index (χ0v) is 8.70. The van der Waals surface area contributed by atoms with Crippen LogP contribution in [0, 0.1) is 0 Å². The van der Waals surface area contributed by atoms with E-state index < -0.39 is 0 Å². The van der Waals surface area contributed by atoms with E-state index in [0.717, 1.165) is 12.8 Å². The van der Waals surface area contributed by atoms with E-state index in [9.17, 15) is 4.79 Å². The molecule has 0 spiro atoms. The topological polar surface area (TPSA) is 35.5 Å². The highest BCUT2D eigenvalue weighted by Gasteiger charge is 2.12. The normalized spacial score (nSPS) is 18.4. The first kappa shape index (κ1) is 11.1. The second kappa shape index (κ2) is 6.46. The molecule has 0 bridgehead atoms. The monoisotopic (exact) mass is 198 g/mol. The molecule has 0 unspecified atom stereocenters. The average molecular weight is 198 g/mol. The Morgan fingerprint density at radius 1 is 1.36 bits per heavy atom. The van der Waals surface area contributed by atoms with Gasteiger partial charge in [0.15, 0.2) is 0 Å². The van der Waals surface area contributed by atoms with E-state index in [1.54, 1.807) is 6.92 Å². The summed E-state index contributed by atoms with van der Waals surface area (Å²) in [6, 6.07) is 0. The SMILES string of the molecule is CCOC(=O)/C=C\OC1CCCCC1. The van der Waals surface area contributed by atoms with Gasteiger partial charge in [0.25, 0.3) is 0 Å². The third kappa shape index (κ3) is 4.30. The quantitative estimate of drug-likeness (QED) is 0.395. The van der Waals surface area contributed by atoms with Crippen molar-refractivity contribution in [2.24, 2.45) is 0 Å². The van der Waals surface area contributed by atoms with E-state index in [0.29, 0.717) is 12.7 Å². The Morgan fingerprint density at radius 3 is 2.71 bits per heavy atom. The number of esters is 1. The van der Waals surface area contributed by atoms with E-state index in [1.165, 1.54) is 31.6 Å². The Kier molecular flexibility index (Phi) is 5.12. The van der Waals surface area contributed by atoms with Crippen LogP contribution in [0.4, 0.5) is 0 Å². The lowest BCUT2D eigenvalue weighted by Gasteiger charge is -2.20. The smallest absolute Gasteiger partial charge is 0.333 e. The Hall–Kier alpha value is -0.990. The first-order valence-electron chi connectivity index (χ1n) is 5.31. The molecule has 0 saturated heterocycles. The van der Waals surface area contributed by atoms with Crippen LogP contribution in [0.25, 0.3) is 0 Å². The van der Waals surface area contributed by atoms with E-state index >= 15 is 0 Å². The zero-order chi connectivity index (χ0) is 10.2. The molecule has 80 valence electrons. The first-order chi connectivity index (χ1) is 6.83. The fourth-order valence-corrected chi connectivity index (χ4v) is 1.60. The van der Waals surface area contributed by atoms with Gasteiger partial charge in [-0.1, -0.05) is 6.42 Å².